The number of carbonyl (C=O) groups excluding carboxylic acids is 1. The molecule has 13 heavy (non-hydrogen) atoms. The van der Waals surface area contributed by atoms with Crippen molar-refractivity contribution >= 4 is 27.5 Å². The minimum Gasteiger partial charge on any atom is -0.464 e. The van der Waals surface area contributed by atoms with Crippen LogP contribution in [0.2, 0.25) is 0 Å². The molecule has 2 heterocycles. The van der Waals surface area contributed by atoms with Crippen molar-refractivity contribution in [2.75, 3.05) is 7.11 Å². The average Bonchev–Trinajstić information content (AvgIpc) is 2.68. The van der Waals surface area contributed by atoms with Crippen molar-refractivity contribution in [3.63, 3.8) is 0 Å². The highest BCUT2D eigenvalue weighted by molar-refractivity contribution is 7.17. The van der Waals surface area contributed by atoms with Crippen LogP contribution < -0.4 is 0 Å². The molecule has 3 nitrogen and oxygen atoms in total. The summed E-state index contributed by atoms with van der Waals surface area (Å²) in [7, 11) is 1.39. The zero-order valence-electron chi connectivity index (χ0n) is 7.38. The predicted molar refractivity (Wildman–Crippen MR) is 52.3 cm³/mol. The van der Waals surface area contributed by atoms with Crippen LogP contribution in [0.25, 0.3) is 10.2 Å². The molecule has 0 aliphatic heterocycles. The third-order valence-electron chi connectivity index (χ3n) is 2.03. The SMILES string of the molecule is COC(=O)c1[nH]c2ccsc2c1C. The molecule has 0 saturated heterocycles. The second kappa shape index (κ2) is 2.88. The number of nitrogens with one attached hydrogen (secondary N) is 1. The van der Waals surface area contributed by atoms with Gasteiger partial charge in [-0.2, -0.15) is 0 Å². The zero-order chi connectivity index (χ0) is 9.42. The summed E-state index contributed by atoms with van der Waals surface area (Å²) < 4.78 is 5.78. The molecule has 0 amide bonds. The molecule has 0 spiro atoms. The molecule has 4 heteroatoms. The van der Waals surface area contributed by atoms with Gasteiger partial charge < -0.3 is 9.72 Å². The number of aryl methyl sites for hydroxylation is 1. The summed E-state index contributed by atoms with van der Waals surface area (Å²) in [4.78, 5) is 14.3. The van der Waals surface area contributed by atoms with Crippen LogP contribution in [0.4, 0.5) is 0 Å². The molecule has 1 N–H and O–H groups in total. The molecule has 0 saturated carbocycles. The Labute approximate surface area is 79.3 Å². The van der Waals surface area contributed by atoms with Crippen molar-refractivity contribution in [2.45, 2.75) is 6.92 Å². The number of aromatic amines is 1. The fourth-order valence-corrected chi connectivity index (χ4v) is 2.21. The number of carbonyl (C=O) groups is 1. The zero-order valence-corrected chi connectivity index (χ0v) is 8.20. The van der Waals surface area contributed by atoms with E-state index < -0.39 is 0 Å². The van der Waals surface area contributed by atoms with E-state index in [1.807, 2.05) is 18.4 Å². The smallest absolute Gasteiger partial charge is 0.354 e. The molecule has 0 atom stereocenters. The quantitative estimate of drug-likeness (QED) is 0.709. The first-order valence-electron chi connectivity index (χ1n) is 3.88. The van der Waals surface area contributed by atoms with Gasteiger partial charge in [-0.25, -0.2) is 4.79 Å². The predicted octanol–water partition coefficient (Wildman–Crippen LogP) is 2.32. The van der Waals surface area contributed by atoms with Crippen LogP contribution in [0.3, 0.4) is 0 Å². The van der Waals surface area contributed by atoms with Gasteiger partial charge in [0.25, 0.3) is 0 Å². The largest absolute Gasteiger partial charge is 0.464 e. The summed E-state index contributed by atoms with van der Waals surface area (Å²) in [5.74, 6) is -0.305. The van der Waals surface area contributed by atoms with Crippen molar-refractivity contribution in [1.29, 1.82) is 0 Å². The number of methoxy groups -OCH3 is 1. The Morgan fingerprint density at radius 3 is 3.00 bits per heavy atom. The molecule has 68 valence electrons. The molecular weight excluding hydrogens is 186 g/mol. The number of thiophene rings is 1. The Hall–Kier alpha value is -1.29. The number of hydrogen-bond acceptors (Lipinski definition) is 3. The summed E-state index contributed by atoms with van der Waals surface area (Å²) in [6, 6.07) is 1.96. The van der Waals surface area contributed by atoms with E-state index in [0.29, 0.717) is 5.69 Å². The second-order valence-electron chi connectivity index (χ2n) is 2.78. The van der Waals surface area contributed by atoms with Crippen LogP contribution in [0.1, 0.15) is 16.1 Å². The van der Waals surface area contributed by atoms with E-state index in [2.05, 4.69) is 9.72 Å². The Kier molecular flexibility index (Phi) is 1.84. The molecule has 0 fully saturated rings. The Bertz CT molecular complexity index is 455. The van der Waals surface area contributed by atoms with Crippen molar-refractivity contribution in [3.05, 3.63) is 22.7 Å². The van der Waals surface area contributed by atoms with E-state index >= 15 is 0 Å². The fourth-order valence-electron chi connectivity index (χ4n) is 1.35. The normalized spacial score (nSPS) is 10.6. The second-order valence-corrected chi connectivity index (χ2v) is 3.70. The Morgan fingerprint density at radius 1 is 1.62 bits per heavy atom. The van der Waals surface area contributed by atoms with Gasteiger partial charge in [-0.3, -0.25) is 0 Å². The lowest BCUT2D eigenvalue weighted by Gasteiger charge is -1.95. The van der Waals surface area contributed by atoms with E-state index in [4.69, 9.17) is 0 Å². The van der Waals surface area contributed by atoms with E-state index in [0.717, 1.165) is 15.8 Å². The molecule has 2 rings (SSSR count). The summed E-state index contributed by atoms with van der Waals surface area (Å²) in [5.41, 5.74) is 2.53. The lowest BCUT2D eigenvalue weighted by molar-refractivity contribution is 0.0594. The number of rotatable bonds is 1. The highest BCUT2D eigenvalue weighted by atomic mass is 32.1. The lowest BCUT2D eigenvalue weighted by Crippen LogP contribution is -2.02. The molecular formula is C9H9NO2S. The molecule has 0 bridgehead atoms. The molecule has 2 aromatic rings. The Morgan fingerprint density at radius 2 is 2.38 bits per heavy atom. The first-order valence-corrected chi connectivity index (χ1v) is 4.76. The average molecular weight is 195 g/mol. The number of ether oxygens (including phenoxy) is 1. The third kappa shape index (κ3) is 1.14. The van der Waals surface area contributed by atoms with Gasteiger partial charge in [0, 0.05) is 0 Å². The van der Waals surface area contributed by atoms with Gasteiger partial charge in [0.05, 0.1) is 17.3 Å². The number of aromatic nitrogens is 1. The van der Waals surface area contributed by atoms with E-state index in [-0.39, 0.29) is 5.97 Å². The molecule has 0 aliphatic carbocycles. The van der Waals surface area contributed by atoms with E-state index in [1.165, 1.54) is 7.11 Å². The van der Waals surface area contributed by atoms with Crippen LogP contribution in [0.5, 0.6) is 0 Å². The van der Waals surface area contributed by atoms with E-state index in [1.54, 1.807) is 11.3 Å². The van der Waals surface area contributed by atoms with Crippen molar-refractivity contribution in [2.24, 2.45) is 0 Å². The first-order chi connectivity index (χ1) is 6.24. The molecule has 0 aliphatic rings. The summed E-state index contributed by atoms with van der Waals surface area (Å²) in [6.07, 6.45) is 0. The van der Waals surface area contributed by atoms with Gasteiger partial charge in [0.1, 0.15) is 5.69 Å². The number of hydrogen-bond donors (Lipinski definition) is 1. The molecule has 0 unspecified atom stereocenters. The fraction of sp³-hybridized carbons (Fsp3) is 0.222. The maximum Gasteiger partial charge on any atom is 0.354 e. The summed E-state index contributed by atoms with van der Waals surface area (Å²) in [6.45, 7) is 1.92. The summed E-state index contributed by atoms with van der Waals surface area (Å²) >= 11 is 1.62. The molecule has 0 aromatic carbocycles. The van der Waals surface area contributed by atoms with Gasteiger partial charge in [-0.15, -0.1) is 11.3 Å². The monoisotopic (exact) mass is 195 g/mol. The van der Waals surface area contributed by atoms with Gasteiger partial charge in [0.15, 0.2) is 0 Å². The van der Waals surface area contributed by atoms with E-state index in [9.17, 15) is 4.79 Å². The highest BCUT2D eigenvalue weighted by Gasteiger charge is 2.15. The standard InChI is InChI=1S/C9H9NO2S/c1-5-7(9(11)12-2)10-6-3-4-13-8(5)6/h3-4,10H,1-2H3. The van der Waals surface area contributed by atoms with Crippen molar-refractivity contribution in [3.8, 4) is 0 Å². The maximum atomic E-state index is 11.3. The van der Waals surface area contributed by atoms with Gasteiger partial charge >= 0.3 is 5.97 Å². The molecule has 2 aromatic heterocycles. The highest BCUT2D eigenvalue weighted by Crippen LogP contribution is 2.26. The minimum absolute atomic E-state index is 0.305. The van der Waals surface area contributed by atoms with Crippen LogP contribution >= 0.6 is 11.3 Å². The van der Waals surface area contributed by atoms with Gasteiger partial charge in [0.2, 0.25) is 0 Å². The van der Waals surface area contributed by atoms with Crippen LogP contribution in [-0.4, -0.2) is 18.1 Å². The topological polar surface area (TPSA) is 42.1 Å². The van der Waals surface area contributed by atoms with Crippen molar-refractivity contribution in [1.82, 2.24) is 4.98 Å². The maximum absolute atomic E-state index is 11.3. The van der Waals surface area contributed by atoms with Gasteiger partial charge in [-0.1, -0.05) is 0 Å². The molecule has 0 radical (unpaired) electrons. The third-order valence-corrected chi connectivity index (χ3v) is 3.06. The number of fused-ring (bicyclic) bond motifs is 1. The lowest BCUT2D eigenvalue weighted by atomic mass is 10.3. The number of H-pyrrole nitrogens is 1. The van der Waals surface area contributed by atoms with Crippen LogP contribution in [-0.2, 0) is 4.74 Å². The van der Waals surface area contributed by atoms with Gasteiger partial charge in [-0.05, 0) is 23.9 Å². The number of esters is 1. The van der Waals surface area contributed by atoms with Crippen LogP contribution in [0, 0.1) is 6.92 Å². The summed E-state index contributed by atoms with van der Waals surface area (Å²) in [5, 5.41) is 2.00. The first kappa shape index (κ1) is 8.31. The Balaban J connectivity index is 2.64. The van der Waals surface area contributed by atoms with Crippen LogP contribution in [0.15, 0.2) is 11.4 Å². The van der Waals surface area contributed by atoms with Crippen molar-refractivity contribution < 1.29 is 9.53 Å². The minimum atomic E-state index is -0.305.